The molecule has 0 aliphatic carbocycles. The first kappa shape index (κ1) is 12.7. The molecule has 0 saturated heterocycles. The van der Waals surface area contributed by atoms with E-state index in [0.29, 0.717) is 13.0 Å². The van der Waals surface area contributed by atoms with E-state index in [-0.39, 0.29) is 17.8 Å². The number of fused-ring (bicyclic) bond motifs is 1. The van der Waals surface area contributed by atoms with Crippen LogP contribution in [0.3, 0.4) is 0 Å². The van der Waals surface area contributed by atoms with Gasteiger partial charge in [-0.1, -0.05) is 30.3 Å². The largest absolute Gasteiger partial charge is 0.373 e. The molecule has 2 aromatic carbocycles. The normalized spacial score (nSPS) is 16.4. The lowest BCUT2D eigenvalue weighted by atomic mass is 10.1. The fourth-order valence-corrected chi connectivity index (χ4v) is 2.42. The molecule has 2 aromatic rings. The maximum Gasteiger partial charge on any atom is 0.243 e. The van der Waals surface area contributed by atoms with Crippen LogP contribution in [0.15, 0.2) is 48.5 Å². The highest BCUT2D eigenvalue weighted by atomic mass is 19.1. The Morgan fingerprint density at radius 3 is 2.90 bits per heavy atom. The van der Waals surface area contributed by atoms with Crippen molar-refractivity contribution in [2.24, 2.45) is 0 Å². The summed E-state index contributed by atoms with van der Waals surface area (Å²) in [6.07, 6.45) is 0.686. The number of carbonyl (C=O) groups excluding carboxylic acids is 1. The summed E-state index contributed by atoms with van der Waals surface area (Å²) in [7, 11) is 0. The monoisotopic (exact) mass is 270 g/mol. The topological polar surface area (TPSA) is 41.1 Å². The molecular weight excluding hydrogens is 255 g/mol. The molecule has 1 aliphatic rings. The Balaban J connectivity index is 1.59. The van der Waals surface area contributed by atoms with Gasteiger partial charge in [0.25, 0.3) is 0 Å². The van der Waals surface area contributed by atoms with Gasteiger partial charge in [-0.25, -0.2) is 4.39 Å². The van der Waals surface area contributed by atoms with Gasteiger partial charge in [-0.2, -0.15) is 0 Å². The summed E-state index contributed by atoms with van der Waals surface area (Å²) in [5.41, 5.74) is 2.92. The standard InChI is InChI=1S/C16H15FN2O/c17-13-6-3-4-11(8-13)10-18-16(20)15-9-12-5-1-2-7-14(12)19-15/h1-8,15,19H,9-10H2,(H,18,20). The van der Waals surface area contributed by atoms with Gasteiger partial charge in [-0.3, -0.25) is 4.79 Å². The van der Waals surface area contributed by atoms with Crippen molar-refractivity contribution in [2.45, 2.75) is 19.0 Å². The Bertz CT molecular complexity index is 617. The highest BCUT2D eigenvalue weighted by molar-refractivity contribution is 5.87. The van der Waals surface area contributed by atoms with Crippen molar-refractivity contribution < 1.29 is 9.18 Å². The second-order valence-electron chi connectivity index (χ2n) is 4.91. The Morgan fingerprint density at radius 1 is 1.25 bits per heavy atom. The minimum absolute atomic E-state index is 0.0644. The van der Waals surface area contributed by atoms with Gasteiger partial charge in [0.1, 0.15) is 11.9 Å². The van der Waals surface area contributed by atoms with Crippen LogP contribution in [-0.4, -0.2) is 11.9 Å². The Hall–Kier alpha value is -2.36. The van der Waals surface area contributed by atoms with Crippen molar-refractivity contribution in [1.29, 1.82) is 0 Å². The highest BCUT2D eigenvalue weighted by Crippen LogP contribution is 2.25. The first-order valence-electron chi connectivity index (χ1n) is 6.59. The number of benzene rings is 2. The molecule has 3 nitrogen and oxygen atoms in total. The number of amides is 1. The van der Waals surface area contributed by atoms with Crippen molar-refractivity contribution in [3.8, 4) is 0 Å². The lowest BCUT2D eigenvalue weighted by molar-refractivity contribution is -0.121. The van der Waals surface area contributed by atoms with Crippen molar-refractivity contribution in [3.05, 3.63) is 65.5 Å². The minimum atomic E-state index is -0.289. The first-order chi connectivity index (χ1) is 9.72. The maximum atomic E-state index is 13.0. The van der Waals surface area contributed by atoms with Gasteiger partial charge in [-0.15, -0.1) is 0 Å². The zero-order valence-corrected chi connectivity index (χ0v) is 10.9. The molecule has 0 bridgehead atoms. The van der Waals surface area contributed by atoms with Crippen LogP contribution in [0, 0.1) is 5.82 Å². The van der Waals surface area contributed by atoms with E-state index in [1.165, 1.54) is 12.1 Å². The van der Waals surface area contributed by atoms with Crippen LogP contribution < -0.4 is 10.6 Å². The predicted octanol–water partition coefficient (Wildman–Crippen LogP) is 2.48. The Morgan fingerprint density at radius 2 is 2.10 bits per heavy atom. The van der Waals surface area contributed by atoms with E-state index in [4.69, 9.17) is 0 Å². The number of rotatable bonds is 3. The molecule has 1 amide bonds. The lowest BCUT2D eigenvalue weighted by Crippen LogP contribution is -2.38. The molecule has 0 fully saturated rings. The average Bonchev–Trinajstić information content (AvgIpc) is 2.89. The molecule has 0 radical (unpaired) electrons. The molecule has 1 unspecified atom stereocenters. The number of hydrogen-bond acceptors (Lipinski definition) is 2. The van der Waals surface area contributed by atoms with Gasteiger partial charge in [-0.05, 0) is 29.3 Å². The molecule has 102 valence electrons. The fraction of sp³-hybridized carbons (Fsp3) is 0.188. The summed E-state index contributed by atoms with van der Waals surface area (Å²) in [6, 6.07) is 13.9. The maximum absolute atomic E-state index is 13.0. The Labute approximate surface area is 116 Å². The third-order valence-electron chi connectivity index (χ3n) is 3.44. The van der Waals surface area contributed by atoms with E-state index in [9.17, 15) is 9.18 Å². The summed E-state index contributed by atoms with van der Waals surface area (Å²) in [5, 5.41) is 6.03. The molecule has 0 saturated carbocycles. The molecule has 1 heterocycles. The number of carbonyl (C=O) groups is 1. The van der Waals surface area contributed by atoms with Gasteiger partial charge < -0.3 is 10.6 Å². The molecule has 3 rings (SSSR count). The summed E-state index contributed by atoms with van der Waals surface area (Å²) in [5.74, 6) is -0.353. The molecule has 2 N–H and O–H groups in total. The summed E-state index contributed by atoms with van der Waals surface area (Å²) < 4.78 is 13.0. The van der Waals surface area contributed by atoms with Gasteiger partial charge in [0, 0.05) is 18.7 Å². The second-order valence-corrected chi connectivity index (χ2v) is 4.91. The van der Waals surface area contributed by atoms with Crippen LogP contribution in [0.4, 0.5) is 10.1 Å². The number of anilines is 1. The quantitative estimate of drug-likeness (QED) is 0.899. The minimum Gasteiger partial charge on any atom is -0.373 e. The number of hydrogen-bond donors (Lipinski definition) is 2. The number of nitrogens with one attached hydrogen (secondary N) is 2. The highest BCUT2D eigenvalue weighted by Gasteiger charge is 2.25. The molecule has 0 aromatic heterocycles. The first-order valence-corrected chi connectivity index (χ1v) is 6.59. The third kappa shape index (κ3) is 2.64. The van der Waals surface area contributed by atoms with E-state index in [1.54, 1.807) is 12.1 Å². The Kier molecular flexibility index (Phi) is 3.37. The van der Waals surface area contributed by atoms with Gasteiger partial charge >= 0.3 is 0 Å². The molecular formula is C16H15FN2O. The fourth-order valence-electron chi connectivity index (χ4n) is 2.42. The van der Waals surface area contributed by atoms with Crippen LogP contribution in [0.1, 0.15) is 11.1 Å². The van der Waals surface area contributed by atoms with E-state index in [1.807, 2.05) is 24.3 Å². The zero-order chi connectivity index (χ0) is 13.9. The van der Waals surface area contributed by atoms with Gasteiger partial charge in [0.15, 0.2) is 0 Å². The molecule has 0 spiro atoms. The van der Waals surface area contributed by atoms with Crippen LogP contribution in [0.25, 0.3) is 0 Å². The summed E-state index contributed by atoms with van der Waals surface area (Å²) in [6.45, 7) is 0.338. The summed E-state index contributed by atoms with van der Waals surface area (Å²) >= 11 is 0. The van der Waals surface area contributed by atoms with E-state index >= 15 is 0 Å². The SMILES string of the molecule is O=C(NCc1cccc(F)c1)C1Cc2ccccc2N1. The number of halogens is 1. The predicted molar refractivity (Wildman–Crippen MR) is 75.8 cm³/mol. The third-order valence-corrected chi connectivity index (χ3v) is 3.44. The average molecular weight is 270 g/mol. The van der Waals surface area contributed by atoms with Crippen LogP contribution in [-0.2, 0) is 17.8 Å². The van der Waals surface area contributed by atoms with Crippen LogP contribution in [0.2, 0.25) is 0 Å². The van der Waals surface area contributed by atoms with Crippen molar-refractivity contribution in [1.82, 2.24) is 5.32 Å². The van der Waals surface area contributed by atoms with E-state index in [0.717, 1.165) is 16.8 Å². The molecule has 1 atom stereocenters. The number of para-hydroxylation sites is 1. The molecule has 4 heteroatoms. The smallest absolute Gasteiger partial charge is 0.243 e. The van der Waals surface area contributed by atoms with Crippen LogP contribution in [0.5, 0.6) is 0 Å². The molecule has 1 aliphatic heterocycles. The zero-order valence-electron chi connectivity index (χ0n) is 10.9. The van der Waals surface area contributed by atoms with Gasteiger partial charge in [0.05, 0.1) is 0 Å². The van der Waals surface area contributed by atoms with E-state index < -0.39 is 0 Å². The summed E-state index contributed by atoms with van der Waals surface area (Å²) in [4.78, 5) is 12.1. The van der Waals surface area contributed by atoms with Gasteiger partial charge in [0.2, 0.25) is 5.91 Å². The van der Waals surface area contributed by atoms with Crippen molar-refractivity contribution >= 4 is 11.6 Å². The second kappa shape index (κ2) is 5.33. The van der Waals surface area contributed by atoms with Crippen molar-refractivity contribution in [3.63, 3.8) is 0 Å². The van der Waals surface area contributed by atoms with Crippen LogP contribution >= 0.6 is 0 Å². The lowest BCUT2D eigenvalue weighted by Gasteiger charge is -2.12. The van der Waals surface area contributed by atoms with Crippen molar-refractivity contribution in [2.75, 3.05) is 5.32 Å². The van der Waals surface area contributed by atoms with E-state index in [2.05, 4.69) is 10.6 Å². The molecule has 20 heavy (non-hydrogen) atoms.